The quantitative estimate of drug-likeness (QED) is 0.695. The molecule has 0 aliphatic rings. The number of hydrogen-bond donors (Lipinski definition) is 0. The van der Waals surface area contributed by atoms with E-state index in [1.807, 2.05) is 26.0 Å². The van der Waals surface area contributed by atoms with Gasteiger partial charge in [-0.05, 0) is 18.1 Å². The van der Waals surface area contributed by atoms with Crippen molar-refractivity contribution in [2.45, 2.75) is 26.2 Å². The van der Waals surface area contributed by atoms with Gasteiger partial charge < -0.3 is 0 Å². The summed E-state index contributed by atoms with van der Waals surface area (Å²) in [6.07, 6.45) is 0. The van der Waals surface area contributed by atoms with Crippen molar-refractivity contribution in [3.05, 3.63) is 35.1 Å². The van der Waals surface area contributed by atoms with Crippen molar-refractivity contribution in [2.24, 2.45) is 0 Å². The Balaban J connectivity index is 3.22. The van der Waals surface area contributed by atoms with Gasteiger partial charge in [-0.1, -0.05) is 48.0 Å². The summed E-state index contributed by atoms with van der Waals surface area (Å²) in [5, 5.41) is 0.764. The largest absolute Gasteiger partial charge is 0.206 e. The number of benzene rings is 1. The van der Waals surface area contributed by atoms with E-state index in [0.717, 1.165) is 10.9 Å². The Morgan fingerprint density at radius 1 is 1.38 bits per heavy atom. The van der Waals surface area contributed by atoms with Gasteiger partial charge in [0.2, 0.25) is 0 Å². The molecule has 2 heteroatoms. The first-order valence-electron chi connectivity index (χ1n) is 4.30. The van der Waals surface area contributed by atoms with Crippen molar-refractivity contribution < 1.29 is 4.39 Å². The summed E-state index contributed by atoms with van der Waals surface area (Å²) in [6.45, 7) is 5.85. The summed E-state index contributed by atoms with van der Waals surface area (Å²) in [5.41, 5.74) is 1.35. The number of alkyl halides is 1. The minimum absolute atomic E-state index is 0.0769. The Kier molecular flexibility index (Phi) is 3.12. The van der Waals surface area contributed by atoms with Crippen LogP contribution in [0.5, 0.6) is 0 Å². The average Bonchev–Trinajstić information content (AvgIpc) is 2.09. The molecule has 0 atom stereocenters. The third kappa shape index (κ3) is 2.11. The number of aryl methyl sites for hydroxylation is 1. The molecule has 0 unspecified atom stereocenters. The molecule has 0 aliphatic carbocycles. The summed E-state index contributed by atoms with van der Waals surface area (Å²) < 4.78 is 13.7. The van der Waals surface area contributed by atoms with Crippen LogP contribution in [0.2, 0.25) is 0 Å². The molecule has 0 radical (unpaired) electrons. The molecule has 1 aromatic carbocycles. The van der Waals surface area contributed by atoms with E-state index in [0.29, 0.717) is 5.56 Å². The van der Waals surface area contributed by atoms with E-state index in [4.69, 9.17) is 0 Å². The highest BCUT2D eigenvalue weighted by Gasteiger charge is 2.23. The van der Waals surface area contributed by atoms with Crippen LogP contribution in [0.25, 0.3) is 0 Å². The normalized spacial score (nSPS) is 11.8. The predicted molar refractivity (Wildman–Crippen MR) is 58.0 cm³/mol. The molecule has 0 amide bonds. The van der Waals surface area contributed by atoms with Crippen LogP contribution < -0.4 is 0 Å². The molecule has 0 saturated heterocycles. The molecule has 1 rings (SSSR count). The highest BCUT2D eigenvalue weighted by atomic mass is 79.9. The second kappa shape index (κ2) is 3.79. The van der Waals surface area contributed by atoms with Gasteiger partial charge in [-0.2, -0.15) is 0 Å². The lowest BCUT2D eigenvalue weighted by Gasteiger charge is -2.23. The Morgan fingerprint density at radius 3 is 2.54 bits per heavy atom. The molecule has 0 heterocycles. The van der Waals surface area contributed by atoms with Crippen molar-refractivity contribution in [1.29, 1.82) is 0 Å². The molecule has 0 saturated carbocycles. The third-order valence-electron chi connectivity index (χ3n) is 2.26. The molecule has 0 aliphatic heterocycles. The maximum Gasteiger partial charge on any atom is 0.129 e. The van der Waals surface area contributed by atoms with Crippen LogP contribution in [0.1, 0.15) is 25.0 Å². The highest BCUT2D eigenvalue weighted by Crippen LogP contribution is 2.28. The zero-order valence-electron chi connectivity index (χ0n) is 8.20. The van der Waals surface area contributed by atoms with Crippen LogP contribution in [0, 0.1) is 12.7 Å². The molecular weight excluding hydrogens is 231 g/mol. The van der Waals surface area contributed by atoms with Crippen LogP contribution in [-0.4, -0.2) is 5.33 Å². The SMILES string of the molecule is Cc1cccc(C(C)(C)CBr)c1F. The molecule has 1 aromatic rings. The van der Waals surface area contributed by atoms with Gasteiger partial charge in [-0.3, -0.25) is 0 Å². The first-order valence-corrected chi connectivity index (χ1v) is 5.43. The van der Waals surface area contributed by atoms with E-state index in [2.05, 4.69) is 15.9 Å². The predicted octanol–water partition coefficient (Wildman–Crippen LogP) is 3.81. The maximum absolute atomic E-state index is 13.7. The van der Waals surface area contributed by atoms with E-state index in [1.165, 1.54) is 0 Å². The molecule has 0 bridgehead atoms. The lowest BCUT2D eigenvalue weighted by Crippen LogP contribution is -2.20. The Hall–Kier alpha value is -0.370. The Morgan fingerprint density at radius 2 is 2.00 bits per heavy atom. The van der Waals surface area contributed by atoms with Crippen molar-refractivity contribution in [3.63, 3.8) is 0 Å². The van der Waals surface area contributed by atoms with E-state index in [-0.39, 0.29) is 11.2 Å². The highest BCUT2D eigenvalue weighted by molar-refractivity contribution is 9.09. The molecule has 0 N–H and O–H groups in total. The van der Waals surface area contributed by atoms with Crippen molar-refractivity contribution in [2.75, 3.05) is 5.33 Å². The molecule has 0 nitrogen and oxygen atoms in total. The van der Waals surface area contributed by atoms with Crippen molar-refractivity contribution >= 4 is 15.9 Å². The van der Waals surface area contributed by atoms with Crippen molar-refractivity contribution in [1.82, 2.24) is 0 Å². The first kappa shape index (κ1) is 10.7. The van der Waals surface area contributed by atoms with Gasteiger partial charge in [0, 0.05) is 10.7 Å². The summed E-state index contributed by atoms with van der Waals surface area (Å²) in [5.74, 6) is -0.0769. The summed E-state index contributed by atoms with van der Waals surface area (Å²) in [4.78, 5) is 0. The van der Waals surface area contributed by atoms with E-state index >= 15 is 0 Å². The van der Waals surface area contributed by atoms with Crippen molar-refractivity contribution in [3.8, 4) is 0 Å². The molecule has 13 heavy (non-hydrogen) atoms. The fourth-order valence-electron chi connectivity index (χ4n) is 1.24. The zero-order chi connectivity index (χ0) is 10.1. The second-order valence-electron chi connectivity index (χ2n) is 3.95. The topological polar surface area (TPSA) is 0 Å². The lowest BCUT2D eigenvalue weighted by molar-refractivity contribution is 0.527. The van der Waals surface area contributed by atoms with Crippen LogP contribution in [-0.2, 0) is 5.41 Å². The lowest BCUT2D eigenvalue weighted by atomic mass is 9.86. The molecule has 0 fully saturated rings. The molecule has 0 spiro atoms. The Labute approximate surface area is 87.3 Å². The van der Waals surface area contributed by atoms with Crippen LogP contribution in [0.3, 0.4) is 0 Å². The fourth-order valence-corrected chi connectivity index (χ4v) is 1.54. The minimum Gasteiger partial charge on any atom is -0.206 e. The van der Waals surface area contributed by atoms with E-state index < -0.39 is 0 Å². The van der Waals surface area contributed by atoms with Gasteiger partial charge in [0.1, 0.15) is 5.82 Å². The van der Waals surface area contributed by atoms with Crippen LogP contribution >= 0.6 is 15.9 Å². The third-order valence-corrected chi connectivity index (χ3v) is 3.66. The maximum atomic E-state index is 13.7. The zero-order valence-corrected chi connectivity index (χ0v) is 9.78. The molecular formula is C11H14BrF. The Bertz CT molecular complexity index is 305. The second-order valence-corrected chi connectivity index (χ2v) is 4.51. The van der Waals surface area contributed by atoms with Gasteiger partial charge in [0.05, 0.1) is 0 Å². The standard InChI is InChI=1S/C11H14BrF/c1-8-5-4-6-9(10(8)13)11(2,3)7-12/h4-6H,7H2,1-3H3. The number of rotatable bonds is 2. The summed E-state index contributed by atoms with van der Waals surface area (Å²) in [6, 6.07) is 5.55. The van der Waals surface area contributed by atoms with Gasteiger partial charge >= 0.3 is 0 Å². The smallest absolute Gasteiger partial charge is 0.129 e. The van der Waals surface area contributed by atoms with Gasteiger partial charge in [0.15, 0.2) is 0 Å². The average molecular weight is 245 g/mol. The van der Waals surface area contributed by atoms with Gasteiger partial charge in [-0.25, -0.2) is 4.39 Å². The van der Waals surface area contributed by atoms with E-state index in [9.17, 15) is 4.39 Å². The molecule has 72 valence electrons. The van der Waals surface area contributed by atoms with Crippen LogP contribution in [0.4, 0.5) is 4.39 Å². The monoisotopic (exact) mass is 244 g/mol. The number of hydrogen-bond acceptors (Lipinski definition) is 0. The first-order chi connectivity index (χ1) is 5.99. The van der Waals surface area contributed by atoms with Gasteiger partial charge in [0.25, 0.3) is 0 Å². The minimum atomic E-state index is -0.143. The summed E-state index contributed by atoms with van der Waals surface area (Å²) in [7, 11) is 0. The summed E-state index contributed by atoms with van der Waals surface area (Å²) >= 11 is 3.40. The van der Waals surface area contributed by atoms with E-state index in [1.54, 1.807) is 13.0 Å². The fraction of sp³-hybridized carbons (Fsp3) is 0.455. The number of halogens is 2. The van der Waals surface area contributed by atoms with Crippen LogP contribution in [0.15, 0.2) is 18.2 Å². The van der Waals surface area contributed by atoms with Gasteiger partial charge in [-0.15, -0.1) is 0 Å². The molecule has 0 aromatic heterocycles.